The van der Waals surface area contributed by atoms with Gasteiger partial charge in [-0.2, -0.15) is 0 Å². The van der Waals surface area contributed by atoms with Crippen molar-refractivity contribution in [3.63, 3.8) is 0 Å². The van der Waals surface area contributed by atoms with Crippen LogP contribution in [-0.4, -0.2) is 34.3 Å². The molecule has 2 aromatic heterocycles. The Morgan fingerprint density at radius 3 is 2.58 bits per heavy atom. The van der Waals surface area contributed by atoms with Crippen molar-refractivity contribution < 1.29 is 18.4 Å². The maximum atomic E-state index is 12.7. The van der Waals surface area contributed by atoms with Gasteiger partial charge in [0.1, 0.15) is 5.76 Å². The maximum absolute atomic E-state index is 12.7. The van der Waals surface area contributed by atoms with Crippen molar-refractivity contribution in [3.05, 3.63) is 83.8 Å². The number of nitrogens with one attached hydrogen (secondary N) is 2. The molecule has 0 aliphatic rings. The summed E-state index contributed by atoms with van der Waals surface area (Å²) in [5.41, 5.74) is 2.70. The van der Waals surface area contributed by atoms with E-state index in [1.807, 2.05) is 30.3 Å². The minimum atomic E-state index is -0.288. The molecule has 0 spiro atoms. The number of rotatable bonds is 9. The van der Waals surface area contributed by atoms with E-state index in [0.717, 1.165) is 23.7 Å². The Kier molecular flexibility index (Phi) is 7.21. The highest BCUT2D eigenvalue weighted by molar-refractivity contribution is 7.99. The fourth-order valence-electron chi connectivity index (χ4n) is 3.15. The first-order valence-corrected chi connectivity index (χ1v) is 11.3. The zero-order valence-corrected chi connectivity index (χ0v) is 18.7. The van der Waals surface area contributed by atoms with Crippen LogP contribution >= 0.6 is 11.8 Å². The molecule has 0 atom stereocenters. The molecule has 4 rings (SSSR count). The molecule has 0 aliphatic carbocycles. The minimum absolute atomic E-state index is 0.0516. The average molecular weight is 463 g/mol. The van der Waals surface area contributed by atoms with Crippen LogP contribution in [0, 0.1) is 6.92 Å². The van der Waals surface area contributed by atoms with Gasteiger partial charge in [0.15, 0.2) is 0 Å². The number of thioether (sulfide) groups is 1. The Hall–Kier alpha value is -3.85. The van der Waals surface area contributed by atoms with E-state index in [9.17, 15) is 9.59 Å². The van der Waals surface area contributed by atoms with Crippen molar-refractivity contribution in [1.29, 1.82) is 0 Å². The number of hydrogen-bond donors (Lipinski definition) is 2. The molecule has 168 valence electrons. The highest BCUT2D eigenvalue weighted by Gasteiger charge is 2.16. The summed E-state index contributed by atoms with van der Waals surface area (Å²) in [7, 11) is 0. The fourth-order valence-corrected chi connectivity index (χ4v) is 3.71. The summed E-state index contributed by atoms with van der Waals surface area (Å²) >= 11 is 1.11. The molecule has 2 N–H and O–H groups in total. The highest BCUT2D eigenvalue weighted by atomic mass is 32.2. The number of benzene rings is 2. The van der Waals surface area contributed by atoms with Crippen LogP contribution in [0.1, 0.15) is 21.7 Å². The number of hydrogen-bond acceptors (Lipinski definition) is 7. The van der Waals surface area contributed by atoms with Crippen molar-refractivity contribution in [3.8, 4) is 11.5 Å². The summed E-state index contributed by atoms with van der Waals surface area (Å²) < 4.78 is 10.8. The van der Waals surface area contributed by atoms with Crippen LogP contribution in [0.25, 0.3) is 11.5 Å². The molecular formula is C24H22N4O4S. The molecule has 2 heterocycles. The number of aromatic nitrogens is 2. The van der Waals surface area contributed by atoms with Crippen LogP contribution in [0.15, 0.2) is 81.0 Å². The molecule has 33 heavy (non-hydrogen) atoms. The number of nitrogens with zero attached hydrogens (tertiary/aromatic N) is 2. The van der Waals surface area contributed by atoms with Crippen molar-refractivity contribution in [2.24, 2.45) is 0 Å². The first-order valence-electron chi connectivity index (χ1n) is 10.3. The van der Waals surface area contributed by atoms with Gasteiger partial charge < -0.3 is 19.5 Å². The summed E-state index contributed by atoms with van der Waals surface area (Å²) in [6.45, 7) is 2.30. The first-order chi connectivity index (χ1) is 16.1. The quantitative estimate of drug-likeness (QED) is 0.356. The number of carbonyl (C=O) groups excluding carboxylic acids is 2. The van der Waals surface area contributed by atoms with Crippen molar-refractivity contribution in [2.75, 3.05) is 17.6 Å². The molecule has 0 fully saturated rings. The molecule has 2 amide bonds. The van der Waals surface area contributed by atoms with Gasteiger partial charge in [-0.15, -0.1) is 10.2 Å². The Morgan fingerprint density at radius 1 is 1.00 bits per heavy atom. The second kappa shape index (κ2) is 10.6. The Morgan fingerprint density at radius 2 is 1.79 bits per heavy atom. The topological polar surface area (TPSA) is 110 Å². The van der Waals surface area contributed by atoms with Crippen LogP contribution in [0.4, 0.5) is 5.69 Å². The van der Waals surface area contributed by atoms with E-state index in [-0.39, 0.29) is 22.8 Å². The lowest BCUT2D eigenvalue weighted by Gasteiger charge is -2.11. The van der Waals surface area contributed by atoms with E-state index in [1.54, 1.807) is 43.5 Å². The SMILES string of the molecule is Cc1occc1-c1nnc(SCC(=O)Nc2ccccc2C(=O)NCCc2ccccc2)o1. The number of amides is 2. The minimum Gasteiger partial charge on any atom is -0.469 e. The summed E-state index contributed by atoms with van der Waals surface area (Å²) in [6.07, 6.45) is 2.27. The summed E-state index contributed by atoms with van der Waals surface area (Å²) in [6, 6.07) is 18.6. The van der Waals surface area contributed by atoms with Crippen LogP contribution < -0.4 is 10.6 Å². The predicted octanol–water partition coefficient (Wildman–Crippen LogP) is 4.34. The zero-order valence-electron chi connectivity index (χ0n) is 17.9. The van der Waals surface area contributed by atoms with E-state index in [1.165, 1.54) is 0 Å². The summed E-state index contributed by atoms with van der Waals surface area (Å²) in [5.74, 6) is 0.527. The average Bonchev–Trinajstić information content (AvgIpc) is 3.47. The molecule has 4 aromatic rings. The lowest BCUT2D eigenvalue weighted by Crippen LogP contribution is -2.27. The predicted molar refractivity (Wildman–Crippen MR) is 125 cm³/mol. The van der Waals surface area contributed by atoms with Gasteiger partial charge in [-0.3, -0.25) is 9.59 Å². The van der Waals surface area contributed by atoms with Crippen LogP contribution in [-0.2, 0) is 11.2 Å². The van der Waals surface area contributed by atoms with Crippen molar-refractivity contribution >= 4 is 29.3 Å². The zero-order chi connectivity index (χ0) is 23.0. The molecule has 0 saturated heterocycles. The standard InChI is InChI=1S/C24H22N4O4S/c1-16-18(12-14-31-16)23-27-28-24(32-23)33-15-21(29)26-20-10-6-5-9-19(20)22(30)25-13-11-17-7-3-2-4-8-17/h2-10,12,14H,11,13,15H2,1H3,(H,25,30)(H,26,29). The van der Waals surface area contributed by atoms with E-state index in [4.69, 9.17) is 8.83 Å². The normalized spacial score (nSPS) is 10.7. The third-order valence-electron chi connectivity index (χ3n) is 4.81. The molecule has 0 bridgehead atoms. The number of carbonyl (C=O) groups is 2. The molecule has 9 heteroatoms. The van der Waals surface area contributed by atoms with Gasteiger partial charge in [0, 0.05) is 6.54 Å². The fraction of sp³-hybridized carbons (Fsp3) is 0.167. The highest BCUT2D eigenvalue weighted by Crippen LogP contribution is 2.26. The maximum Gasteiger partial charge on any atom is 0.277 e. The van der Waals surface area contributed by atoms with Gasteiger partial charge in [-0.25, -0.2) is 0 Å². The van der Waals surface area contributed by atoms with Crippen molar-refractivity contribution in [2.45, 2.75) is 18.6 Å². The largest absolute Gasteiger partial charge is 0.469 e. The second-order valence-corrected chi connectivity index (χ2v) is 8.06. The van der Waals surface area contributed by atoms with Gasteiger partial charge in [0.05, 0.1) is 28.8 Å². The van der Waals surface area contributed by atoms with E-state index < -0.39 is 0 Å². The third kappa shape index (κ3) is 5.89. The lowest BCUT2D eigenvalue weighted by atomic mass is 10.1. The summed E-state index contributed by atoms with van der Waals surface area (Å²) in [5, 5.41) is 13.9. The van der Waals surface area contributed by atoms with Gasteiger partial charge in [-0.1, -0.05) is 54.2 Å². The van der Waals surface area contributed by atoms with E-state index in [0.29, 0.717) is 35.0 Å². The van der Waals surface area contributed by atoms with E-state index in [2.05, 4.69) is 20.8 Å². The monoisotopic (exact) mass is 462 g/mol. The van der Waals surface area contributed by atoms with Crippen LogP contribution in [0.2, 0.25) is 0 Å². The number of furan rings is 1. The van der Waals surface area contributed by atoms with Gasteiger partial charge in [0.2, 0.25) is 5.91 Å². The lowest BCUT2D eigenvalue weighted by molar-refractivity contribution is -0.113. The molecule has 0 aliphatic heterocycles. The van der Waals surface area contributed by atoms with Crippen LogP contribution in [0.3, 0.4) is 0 Å². The summed E-state index contributed by atoms with van der Waals surface area (Å²) in [4.78, 5) is 25.1. The van der Waals surface area contributed by atoms with E-state index >= 15 is 0 Å². The molecule has 0 saturated carbocycles. The molecule has 0 radical (unpaired) electrons. The third-order valence-corrected chi connectivity index (χ3v) is 5.63. The molecular weight excluding hydrogens is 440 g/mol. The van der Waals surface area contributed by atoms with Crippen LogP contribution in [0.5, 0.6) is 0 Å². The van der Waals surface area contributed by atoms with Crippen molar-refractivity contribution in [1.82, 2.24) is 15.5 Å². The number of aryl methyl sites for hydroxylation is 1. The van der Waals surface area contributed by atoms with Gasteiger partial charge in [0.25, 0.3) is 17.0 Å². The molecule has 8 nitrogen and oxygen atoms in total. The Labute approximate surface area is 194 Å². The smallest absolute Gasteiger partial charge is 0.277 e. The number of para-hydroxylation sites is 1. The second-order valence-electron chi connectivity index (χ2n) is 7.14. The van der Waals surface area contributed by atoms with Gasteiger partial charge >= 0.3 is 0 Å². The number of anilines is 1. The Balaban J connectivity index is 1.31. The molecule has 0 unspecified atom stereocenters. The first kappa shape index (κ1) is 22.3. The molecule has 2 aromatic carbocycles. The Bertz CT molecular complexity index is 1240. The van der Waals surface area contributed by atoms with Gasteiger partial charge in [-0.05, 0) is 37.1 Å².